The summed E-state index contributed by atoms with van der Waals surface area (Å²) in [7, 11) is 1.63. The summed E-state index contributed by atoms with van der Waals surface area (Å²) in [6.07, 6.45) is 1.91. The molecule has 1 atom stereocenters. The predicted octanol–water partition coefficient (Wildman–Crippen LogP) is 1.82. The van der Waals surface area contributed by atoms with E-state index in [2.05, 4.69) is 24.1 Å². The molecule has 0 aromatic heterocycles. The summed E-state index contributed by atoms with van der Waals surface area (Å²) < 4.78 is 12.9. The summed E-state index contributed by atoms with van der Waals surface area (Å²) in [5, 5.41) is 2.70. The van der Waals surface area contributed by atoms with Gasteiger partial charge >= 0.3 is 0 Å². The molecule has 0 aliphatic carbocycles. The summed E-state index contributed by atoms with van der Waals surface area (Å²) in [6.45, 7) is 5.93. The Kier molecular flexibility index (Phi) is 6.93. The second kappa shape index (κ2) is 8.94. The summed E-state index contributed by atoms with van der Waals surface area (Å²) >= 11 is 0. The molecule has 1 aliphatic rings. The topological polar surface area (TPSA) is 52.7 Å². The molecule has 0 bridgehead atoms. The number of piperazine rings is 1. The van der Waals surface area contributed by atoms with Gasteiger partial charge in [-0.1, -0.05) is 12.1 Å². The first-order chi connectivity index (χ1) is 11.9. The maximum Gasteiger partial charge on any atom is 0.238 e. The fraction of sp³-hybridized carbons (Fsp3) is 0.579. The number of nitrogens with zero attached hydrogens (tertiary/aromatic N) is 2. The molecule has 0 radical (unpaired) electrons. The van der Waals surface area contributed by atoms with E-state index >= 15 is 0 Å². The first-order valence-corrected chi connectivity index (χ1v) is 8.92. The van der Waals surface area contributed by atoms with E-state index in [4.69, 9.17) is 0 Å². The van der Waals surface area contributed by atoms with Crippen LogP contribution < -0.4 is 5.32 Å². The van der Waals surface area contributed by atoms with Gasteiger partial charge in [0.1, 0.15) is 11.9 Å². The van der Waals surface area contributed by atoms with Crippen LogP contribution in [0.3, 0.4) is 0 Å². The zero-order chi connectivity index (χ0) is 18.4. The van der Waals surface area contributed by atoms with Gasteiger partial charge in [0.2, 0.25) is 11.8 Å². The number of carbonyl (C=O) groups excluding carboxylic acids is 2. The van der Waals surface area contributed by atoms with Gasteiger partial charge in [-0.05, 0) is 44.4 Å². The molecule has 1 unspecified atom stereocenters. The second-order valence-corrected chi connectivity index (χ2v) is 6.78. The summed E-state index contributed by atoms with van der Waals surface area (Å²) in [6, 6.07) is 6.36. The molecule has 1 aliphatic heterocycles. The molecule has 2 rings (SSSR count). The molecular formula is C19H28FN3O2. The lowest BCUT2D eigenvalue weighted by atomic mass is 10.1. The third kappa shape index (κ3) is 5.26. The van der Waals surface area contributed by atoms with Crippen LogP contribution in [0.15, 0.2) is 24.3 Å². The van der Waals surface area contributed by atoms with Crippen molar-refractivity contribution < 1.29 is 14.0 Å². The Labute approximate surface area is 149 Å². The van der Waals surface area contributed by atoms with Gasteiger partial charge in [-0.15, -0.1) is 0 Å². The number of hydrogen-bond acceptors (Lipinski definition) is 3. The van der Waals surface area contributed by atoms with Crippen molar-refractivity contribution in [2.45, 2.75) is 45.2 Å². The third-order valence-corrected chi connectivity index (χ3v) is 4.76. The molecule has 6 heteroatoms. The van der Waals surface area contributed by atoms with E-state index in [1.807, 2.05) is 0 Å². The highest BCUT2D eigenvalue weighted by Gasteiger charge is 2.34. The van der Waals surface area contributed by atoms with Crippen LogP contribution in [-0.4, -0.2) is 60.4 Å². The number of amides is 2. The van der Waals surface area contributed by atoms with Gasteiger partial charge in [-0.2, -0.15) is 0 Å². The highest BCUT2D eigenvalue weighted by molar-refractivity contribution is 5.83. The minimum absolute atomic E-state index is 0.0440. The smallest absolute Gasteiger partial charge is 0.238 e. The van der Waals surface area contributed by atoms with Gasteiger partial charge in [0.15, 0.2) is 0 Å². The Balaban J connectivity index is 1.86. The molecule has 0 saturated carbocycles. The van der Waals surface area contributed by atoms with Crippen molar-refractivity contribution in [1.29, 1.82) is 0 Å². The lowest BCUT2D eigenvalue weighted by Gasteiger charge is -2.42. The summed E-state index contributed by atoms with van der Waals surface area (Å²) in [4.78, 5) is 28.6. The zero-order valence-electron chi connectivity index (χ0n) is 15.3. The minimum Gasteiger partial charge on any atom is -0.358 e. The monoisotopic (exact) mass is 349 g/mol. The maximum absolute atomic E-state index is 12.9. The molecule has 1 N–H and O–H groups in total. The number of hydrogen-bond donors (Lipinski definition) is 1. The van der Waals surface area contributed by atoms with Crippen molar-refractivity contribution in [2.24, 2.45) is 0 Å². The molecule has 1 aromatic carbocycles. The Morgan fingerprint density at radius 1 is 1.24 bits per heavy atom. The fourth-order valence-electron chi connectivity index (χ4n) is 3.29. The first-order valence-electron chi connectivity index (χ1n) is 8.92. The quantitative estimate of drug-likeness (QED) is 0.852. The Morgan fingerprint density at radius 3 is 2.52 bits per heavy atom. The molecule has 1 heterocycles. The SMILES string of the molecule is CNC(=O)C1CN(C(=O)CCCc2ccc(F)cc2)CCN1C(C)C. The highest BCUT2D eigenvalue weighted by Crippen LogP contribution is 2.16. The van der Waals surface area contributed by atoms with Crippen molar-refractivity contribution >= 4 is 11.8 Å². The zero-order valence-corrected chi connectivity index (χ0v) is 15.3. The number of benzene rings is 1. The van der Waals surface area contributed by atoms with Crippen LogP contribution in [-0.2, 0) is 16.0 Å². The van der Waals surface area contributed by atoms with E-state index in [1.165, 1.54) is 12.1 Å². The van der Waals surface area contributed by atoms with Gasteiger partial charge in [-0.3, -0.25) is 14.5 Å². The van der Waals surface area contributed by atoms with Gasteiger partial charge < -0.3 is 10.2 Å². The van der Waals surface area contributed by atoms with Crippen LogP contribution in [0.2, 0.25) is 0 Å². The van der Waals surface area contributed by atoms with Crippen molar-refractivity contribution in [3.05, 3.63) is 35.6 Å². The average molecular weight is 349 g/mol. The molecule has 2 amide bonds. The highest BCUT2D eigenvalue weighted by atomic mass is 19.1. The van der Waals surface area contributed by atoms with Gasteiger partial charge in [0.25, 0.3) is 0 Å². The molecule has 0 spiro atoms. The van der Waals surface area contributed by atoms with E-state index in [0.29, 0.717) is 26.1 Å². The van der Waals surface area contributed by atoms with Crippen molar-refractivity contribution in [3.63, 3.8) is 0 Å². The molecule has 138 valence electrons. The van der Waals surface area contributed by atoms with Crippen LogP contribution in [0.5, 0.6) is 0 Å². The molecule has 5 nitrogen and oxygen atoms in total. The van der Waals surface area contributed by atoms with E-state index in [-0.39, 0.29) is 29.7 Å². The Hall–Kier alpha value is -1.95. The van der Waals surface area contributed by atoms with E-state index in [1.54, 1.807) is 24.1 Å². The number of rotatable bonds is 6. The second-order valence-electron chi connectivity index (χ2n) is 6.78. The first kappa shape index (κ1) is 19.4. The Morgan fingerprint density at radius 2 is 1.92 bits per heavy atom. The largest absolute Gasteiger partial charge is 0.358 e. The number of halogens is 1. The molecule has 1 aromatic rings. The average Bonchev–Trinajstić information content (AvgIpc) is 2.62. The van der Waals surface area contributed by atoms with Gasteiger partial charge in [0, 0.05) is 39.1 Å². The van der Waals surface area contributed by atoms with Crippen LogP contribution in [0.1, 0.15) is 32.3 Å². The van der Waals surface area contributed by atoms with Crippen molar-refractivity contribution in [3.8, 4) is 0 Å². The molecule has 1 saturated heterocycles. The molecule has 1 fully saturated rings. The summed E-state index contributed by atoms with van der Waals surface area (Å²) in [5.74, 6) is -0.208. The van der Waals surface area contributed by atoms with Crippen molar-refractivity contribution in [2.75, 3.05) is 26.7 Å². The molecular weight excluding hydrogens is 321 g/mol. The lowest BCUT2D eigenvalue weighted by Crippen LogP contribution is -2.61. The third-order valence-electron chi connectivity index (χ3n) is 4.76. The number of nitrogens with one attached hydrogen (secondary N) is 1. The standard InChI is InChI=1S/C19H28FN3O2/c1-14(2)23-12-11-22(13-17(23)19(25)21-3)18(24)6-4-5-15-7-9-16(20)10-8-15/h7-10,14,17H,4-6,11-13H2,1-3H3,(H,21,25). The van der Waals surface area contributed by atoms with Crippen LogP contribution >= 0.6 is 0 Å². The lowest BCUT2D eigenvalue weighted by molar-refractivity contribution is -0.139. The number of carbonyl (C=O) groups is 2. The van der Waals surface area contributed by atoms with Crippen LogP contribution in [0, 0.1) is 5.82 Å². The Bertz CT molecular complexity index is 589. The van der Waals surface area contributed by atoms with Gasteiger partial charge in [0.05, 0.1) is 0 Å². The fourth-order valence-corrected chi connectivity index (χ4v) is 3.29. The molecule has 25 heavy (non-hydrogen) atoms. The predicted molar refractivity (Wildman–Crippen MR) is 95.6 cm³/mol. The van der Waals surface area contributed by atoms with Crippen LogP contribution in [0.4, 0.5) is 4.39 Å². The van der Waals surface area contributed by atoms with Gasteiger partial charge in [-0.25, -0.2) is 4.39 Å². The van der Waals surface area contributed by atoms with Crippen LogP contribution in [0.25, 0.3) is 0 Å². The maximum atomic E-state index is 12.9. The van der Waals surface area contributed by atoms with E-state index < -0.39 is 0 Å². The minimum atomic E-state index is -0.292. The normalized spacial score (nSPS) is 18.4. The number of likely N-dealkylation sites (N-methyl/N-ethyl adjacent to an activating group) is 1. The number of aryl methyl sites for hydroxylation is 1. The van der Waals surface area contributed by atoms with Crippen molar-refractivity contribution in [1.82, 2.24) is 15.1 Å². The van der Waals surface area contributed by atoms with E-state index in [0.717, 1.165) is 18.4 Å². The van der Waals surface area contributed by atoms with E-state index in [9.17, 15) is 14.0 Å². The summed E-state index contributed by atoms with van der Waals surface area (Å²) in [5.41, 5.74) is 1.03.